The van der Waals surface area contributed by atoms with E-state index in [0.29, 0.717) is 17.1 Å². The second kappa shape index (κ2) is 7.63. The molecule has 0 saturated heterocycles. The molecule has 2 aromatic heterocycles. The van der Waals surface area contributed by atoms with E-state index in [1.165, 1.54) is 6.07 Å². The zero-order valence-electron chi connectivity index (χ0n) is 16.1. The van der Waals surface area contributed by atoms with Crippen LogP contribution in [0.3, 0.4) is 0 Å². The maximum atomic E-state index is 12.6. The largest absolute Gasteiger partial charge is 0.457 e. The highest BCUT2D eigenvalue weighted by Gasteiger charge is 2.14. The van der Waals surface area contributed by atoms with Gasteiger partial charge in [-0.1, -0.05) is 24.3 Å². The Kier molecular flexibility index (Phi) is 4.87. The predicted molar refractivity (Wildman–Crippen MR) is 111 cm³/mol. The number of aryl methyl sites for hydroxylation is 2. The van der Waals surface area contributed by atoms with Crippen LogP contribution in [0, 0.1) is 13.8 Å². The Bertz CT molecular complexity index is 1240. The highest BCUT2D eigenvalue weighted by Crippen LogP contribution is 2.24. The Morgan fingerprint density at radius 2 is 1.83 bits per heavy atom. The molecule has 7 nitrogen and oxygen atoms in total. The molecule has 0 fully saturated rings. The summed E-state index contributed by atoms with van der Waals surface area (Å²) < 4.78 is 7.41. The maximum absolute atomic E-state index is 12.6. The van der Waals surface area contributed by atoms with Crippen LogP contribution in [0.2, 0.25) is 0 Å². The third kappa shape index (κ3) is 4.03. The molecular formula is C22H20N4O3. The number of carbonyl (C=O) groups is 1. The van der Waals surface area contributed by atoms with Gasteiger partial charge >= 0.3 is 0 Å². The van der Waals surface area contributed by atoms with E-state index in [2.05, 4.69) is 15.4 Å². The van der Waals surface area contributed by atoms with Gasteiger partial charge in [0.1, 0.15) is 11.5 Å². The molecule has 0 unspecified atom stereocenters. The van der Waals surface area contributed by atoms with Crippen molar-refractivity contribution in [1.82, 2.24) is 14.6 Å². The fourth-order valence-corrected chi connectivity index (χ4v) is 3.24. The van der Waals surface area contributed by atoms with Crippen LogP contribution in [-0.2, 0) is 11.2 Å². The fourth-order valence-electron chi connectivity index (χ4n) is 3.24. The van der Waals surface area contributed by atoms with Crippen LogP contribution in [0.5, 0.6) is 11.5 Å². The number of hydrogen-bond donors (Lipinski definition) is 2. The van der Waals surface area contributed by atoms with Crippen LogP contribution in [0.15, 0.2) is 65.5 Å². The summed E-state index contributed by atoms with van der Waals surface area (Å²) in [6.07, 6.45) is 0.143. The zero-order valence-corrected chi connectivity index (χ0v) is 16.1. The van der Waals surface area contributed by atoms with Gasteiger partial charge in [0.25, 0.3) is 5.56 Å². The molecule has 1 amide bonds. The summed E-state index contributed by atoms with van der Waals surface area (Å²) in [4.78, 5) is 28.6. The van der Waals surface area contributed by atoms with Gasteiger partial charge in [-0.25, -0.2) is 9.50 Å². The van der Waals surface area contributed by atoms with Crippen LogP contribution in [0.25, 0.3) is 5.65 Å². The third-order valence-corrected chi connectivity index (χ3v) is 4.64. The van der Waals surface area contributed by atoms with Crippen molar-refractivity contribution in [3.63, 3.8) is 0 Å². The number of anilines is 1. The molecular weight excluding hydrogens is 368 g/mol. The smallest absolute Gasteiger partial charge is 0.266 e. The molecule has 0 atom stereocenters. The number of aromatic nitrogens is 3. The molecule has 0 saturated carbocycles. The first kappa shape index (κ1) is 18.5. The predicted octanol–water partition coefficient (Wildman–Crippen LogP) is 3.61. The van der Waals surface area contributed by atoms with Gasteiger partial charge in [-0.15, -0.1) is 0 Å². The molecule has 0 radical (unpaired) electrons. The number of nitrogens with zero attached hydrogens (tertiary/aromatic N) is 2. The average molecular weight is 388 g/mol. The number of amides is 1. The fraction of sp³-hybridized carbons (Fsp3) is 0.136. The van der Waals surface area contributed by atoms with Gasteiger partial charge in [0.05, 0.1) is 6.42 Å². The molecule has 0 aliphatic rings. The summed E-state index contributed by atoms with van der Waals surface area (Å²) in [6, 6.07) is 18.1. The van der Waals surface area contributed by atoms with Crippen molar-refractivity contribution < 1.29 is 9.53 Å². The van der Waals surface area contributed by atoms with Crippen LogP contribution < -0.4 is 15.6 Å². The number of H-pyrrole nitrogens is 1. The molecule has 4 aromatic rings. The summed E-state index contributed by atoms with van der Waals surface area (Å²) in [7, 11) is 0. The number of nitrogens with one attached hydrogen (secondary N) is 2. The van der Waals surface area contributed by atoms with E-state index in [0.717, 1.165) is 22.7 Å². The van der Waals surface area contributed by atoms with E-state index in [9.17, 15) is 9.59 Å². The number of benzene rings is 2. The van der Waals surface area contributed by atoms with Gasteiger partial charge in [0, 0.05) is 34.8 Å². The minimum atomic E-state index is -0.225. The van der Waals surface area contributed by atoms with Gasteiger partial charge in [-0.05, 0) is 38.1 Å². The Balaban J connectivity index is 1.51. The first-order chi connectivity index (χ1) is 14.0. The van der Waals surface area contributed by atoms with Crippen molar-refractivity contribution in [2.24, 2.45) is 0 Å². The Labute approximate surface area is 167 Å². The zero-order chi connectivity index (χ0) is 20.4. The lowest BCUT2D eigenvalue weighted by Gasteiger charge is -2.12. The van der Waals surface area contributed by atoms with Crippen molar-refractivity contribution in [3.05, 3.63) is 88.0 Å². The Hall–Kier alpha value is -3.87. The number of fused-ring (bicyclic) bond motifs is 1. The highest BCUT2D eigenvalue weighted by molar-refractivity contribution is 5.92. The average Bonchev–Trinajstić information content (AvgIpc) is 3.06. The third-order valence-electron chi connectivity index (χ3n) is 4.64. The Morgan fingerprint density at radius 3 is 2.62 bits per heavy atom. The normalized spacial score (nSPS) is 10.8. The van der Waals surface area contributed by atoms with Crippen molar-refractivity contribution in [2.75, 3.05) is 5.32 Å². The highest BCUT2D eigenvalue weighted by atomic mass is 16.5. The van der Waals surface area contributed by atoms with E-state index < -0.39 is 0 Å². The quantitative estimate of drug-likeness (QED) is 0.547. The lowest BCUT2D eigenvalue weighted by atomic mass is 10.1. The van der Waals surface area contributed by atoms with Gasteiger partial charge < -0.3 is 10.1 Å². The monoisotopic (exact) mass is 388 g/mol. The summed E-state index contributed by atoms with van der Waals surface area (Å²) in [5, 5.41) is 5.59. The van der Waals surface area contributed by atoms with Crippen LogP contribution >= 0.6 is 0 Å². The summed E-state index contributed by atoms with van der Waals surface area (Å²) in [5.41, 5.74) is 3.24. The van der Waals surface area contributed by atoms with E-state index in [1.54, 1.807) is 16.6 Å². The van der Waals surface area contributed by atoms with Crippen molar-refractivity contribution in [3.8, 4) is 11.5 Å². The lowest BCUT2D eigenvalue weighted by molar-refractivity contribution is -0.115. The second-order valence-electron chi connectivity index (χ2n) is 6.74. The van der Waals surface area contributed by atoms with Crippen LogP contribution in [0.1, 0.15) is 17.0 Å². The summed E-state index contributed by atoms with van der Waals surface area (Å²) in [5.74, 6) is 1.18. The van der Waals surface area contributed by atoms with E-state index in [1.807, 2.05) is 56.3 Å². The topological polar surface area (TPSA) is 88.5 Å². The minimum absolute atomic E-state index is 0.143. The van der Waals surface area contributed by atoms with E-state index >= 15 is 0 Å². The molecule has 0 spiro atoms. The maximum Gasteiger partial charge on any atom is 0.266 e. The van der Waals surface area contributed by atoms with Gasteiger partial charge in [0.15, 0.2) is 5.65 Å². The van der Waals surface area contributed by atoms with Crippen molar-refractivity contribution in [2.45, 2.75) is 20.3 Å². The number of aromatic amines is 1. The minimum Gasteiger partial charge on any atom is -0.457 e. The molecule has 7 heteroatoms. The number of para-hydroxylation sites is 1. The molecule has 2 N–H and O–H groups in total. The molecule has 146 valence electrons. The van der Waals surface area contributed by atoms with Gasteiger partial charge in [0.2, 0.25) is 5.91 Å². The van der Waals surface area contributed by atoms with Crippen LogP contribution in [-0.4, -0.2) is 20.5 Å². The first-order valence-electron chi connectivity index (χ1n) is 9.20. The van der Waals surface area contributed by atoms with E-state index in [-0.39, 0.29) is 17.9 Å². The molecule has 2 heterocycles. The van der Waals surface area contributed by atoms with E-state index in [4.69, 9.17) is 4.74 Å². The lowest BCUT2D eigenvalue weighted by Crippen LogP contribution is -2.18. The van der Waals surface area contributed by atoms with Gasteiger partial charge in [-0.3, -0.25) is 14.7 Å². The molecule has 29 heavy (non-hydrogen) atoms. The van der Waals surface area contributed by atoms with Gasteiger partial charge in [-0.2, -0.15) is 0 Å². The second-order valence-corrected chi connectivity index (χ2v) is 6.74. The van der Waals surface area contributed by atoms with Crippen LogP contribution in [0.4, 0.5) is 5.69 Å². The number of rotatable bonds is 5. The SMILES string of the molecule is Cc1nc2cc(=O)[nH]n2c(C)c1CC(=O)Nc1cccc(Oc2ccccc2)c1. The number of hydrogen-bond acceptors (Lipinski definition) is 4. The summed E-state index contributed by atoms with van der Waals surface area (Å²) >= 11 is 0. The molecule has 2 aromatic carbocycles. The first-order valence-corrected chi connectivity index (χ1v) is 9.20. The number of ether oxygens (including phenoxy) is 1. The van der Waals surface area contributed by atoms with Crippen molar-refractivity contribution >= 4 is 17.2 Å². The standard InChI is InChI=1S/C22H20N4O3/c1-14-19(15(2)26-20(23-14)13-22(28)25-26)12-21(27)24-16-7-6-10-18(11-16)29-17-8-4-3-5-9-17/h3-11,13H,12H2,1-2H3,(H,24,27)(H,25,28). The molecule has 0 bridgehead atoms. The van der Waals surface area contributed by atoms with Crippen molar-refractivity contribution in [1.29, 1.82) is 0 Å². The molecule has 0 aliphatic heterocycles. The number of carbonyl (C=O) groups excluding carboxylic acids is 1. The Morgan fingerprint density at radius 1 is 1.07 bits per heavy atom. The summed E-state index contributed by atoms with van der Waals surface area (Å²) in [6.45, 7) is 3.69. The molecule has 4 rings (SSSR count). The molecule has 0 aliphatic carbocycles.